The lowest BCUT2D eigenvalue weighted by Crippen LogP contribution is -2.38. The van der Waals surface area contributed by atoms with Crippen LogP contribution in [0.2, 0.25) is 0 Å². The summed E-state index contributed by atoms with van der Waals surface area (Å²) < 4.78 is 13.3. The van der Waals surface area contributed by atoms with E-state index < -0.39 is 11.5 Å². The number of β-amino-alcohol motifs (C(OH)–C–C–N with tert-alkyl or cyclic N) is 1. The first-order valence-corrected chi connectivity index (χ1v) is 6.35. The van der Waals surface area contributed by atoms with Gasteiger partial charge in [0.1, 0.15) is 5.82 Å². The summed E-state index contributed by atoms with van der Waals surface area (Å²) in [6, 6.07) is 6.32. The smallest absolute Gasteiger partial charge is 0.233 e. The molecule has 18 heavy (non-hydrogen) atoms. The summed E-state index contributed by atoms with van der Waals surface area (Å²) in [5.41, 5.74) is 0.250. The van der Waals surface area contributed by atoms with E-state index in [1.54, 1.807) is 11.0 Å². The van der Waals surface area contributed by atoms with Crippen molar-refractivity contribution in [2.24, 2.45) is 0 Å². The van der Waals surface area contributed by atoms with Crippen LogP contribution in [0.1, 0.15) is 24.8 Å². The molecule has 2 aliphatic rings. The molecule has 0 radical (unpaired) electrons. The van der Waals surface area contributed by atoms with Crippen molar-refractivity contribution in [1.29, 1.82) is 0 Å². The summed E-state index contributed by atoms with van der Waals surface area (Å²) in [7, 11) is 0. The van der Waals surface area contributed by atoms with Crippen LogP contribution in [-0.4, -0.2) is 35.1 Å². The van der Waals surface area contributed by atoms with Crippen molar-refractivity contribution in [2.75, 3.05) is 13.1 Å². The molecule has 0 aromatic heterocycles. The van der Waals surface area contributed by atoms with E-state index in [1.165, 1.54) is 12.1 Å². The fourth-order valence-electron chi connectivity index (χ4n) is 2.77. The van der Waals surface area contributed by atoms with E-state index in [9.17, 15) is 14.3 Å². The molecule has 1 N–H and O–H groups in total. The van der Waals surface area contributed by atoms with Gasteiger partial charge >= 0.3 is 0 Å². The maximum atomic E-state index is 13.3. The zero-order valence-electron chi connectivity index (χ0n) is 10.1. The molecule has 0 spiro atoms. The molecule has 1 aliphatic heterocycles. The van der Waals surface area contributed by atoms with Gasteiger partial charge in [-0.3, -0.25) is 4.79 Å². The minimum absolute atomic E-state index is 0.0460. The number of aliphatic hydroxyl groups is 1. The highest BCUT2D eigenvalue weighted by atomic mass is 19.1. The van der Waals surface area contributed by atoms with Crippen molar-refractivity contribution in [3.8, 4) is 0 Å². The topological polar surface area (TPSA) is 40.5 Å². The van der Waals surface area contributed by atoms with Crippen LogP contribution >= 0.6 is 0 Å². The Kier molecular flexibility index (Phi) is 2.63. The molecule has 1 aromatic rings. The maximum Gasteiger partial charge on any atom is 0.233 e. The van der Waals surface area contributed by atoms with Crippen LogP contribution in [0.5, 0.6) is 0 Å². The van der Waals surface area contributed by atoms with Gasteiger partial charge in [0.25, 0.3) is 0 Å². The Morgan fingerprint density at radius 2 is 2.22 bits per heavy atom. The van der Waals surface area contributed by atoms with Gasteiger partial charge in [-0.05, 0) is 37.0 Å². The molecule has 96 valence electrons. The zero-order valence-corrected chi connectivity index (χ0v) is 10.1. The maximum absolute atomic E-state index is 13.3. The van der Waals surface area contributed by atoms with Crippen molar-refractivity contribution in [3.05, 3.63) is 35.6 Å². The van der Waals surface area contributed by atoms with Gasteiger partial charge in [-0.25, -0.2) is 4.39 Å². The minimum Gasteiger partial charge on any atom is -0.391 e. The Morgan fingerprint density at radius 3 is 2.78 bits per heavy atom. The van der Waals surface area contributed by atoms with Crippen LogP contribution in [0.4, 0.5) is 4.39 Å². The van der Waals surface area contributed by atoms with Crippen molar-refractivity contribution >= 4 is 5.91 Å². The Balaban J connectivity index is 1.85. The summed E-state index contributed by atoms with van der Waals surface area (Å²) in [5.74, 6) is -0.252. The van der Waals surface area contributed by atoms with Crippen molar-refractivity contribution < 1.29 is 14.3 Å². The number of carbonyl (C=O) groups excluding carboxylic acids is 1. The van der Waals surface area contributed by atoms with Crippen LogP contribution in [-0.2, 0) is 10.2 Å². The standard InChI is InChI=1S/C14H16FNO2/c15-11-3-1-2-10(8-11)14(5-6-14)13(18)16-7-4-12(17)9-16/h1-3,8,12,17H,4-7,9H2/t12-/m1/s1. The Hall–Kier alpha value is -1.42. The van der Waals surface area contributed by atoms with E-state index in [4.69, 9.17) is 0 Å². The number of hydrogen-bond acceptors (Lipinski definition) is 2. The van der Waals surface area contributed by atoms with Crippen LogP contribution in [0.15, 0.2) is 24.3 Å². The van der Waals surface area contributed by atoms with E-state index in [0.29, 0.717) is 19.5 Å². The SMILES string of the molecule is O=C(N1CC[C@@H](O)C1)C1(c2cccc(F)c2)CC1. The van der Waals surface area contributed by atoms with Gasteiger partial charge in [-0.1, -0.05) is 12.1 Å². The Bertz CT molecular complexity index is 484. The predicted octanol–water partition coefficient (Wildman–Crippen LogP) is 1.45. The van der Waals surface area contributed by atoms with E-state index >= 15 is 0 Å². The molecular formula is C14H16FNO2. The molecule has 1 aliphatic carbocycles. The van der Waals surface area contributed by atoms with Crippen molar-refractivity contribution in [3.63, 3.8) is 0 Å². The zero-order chi connectivity index (χ0) is 12.8. The van der Waals surface area contributed by atoms with Gasteiger partial charge in [0.05, 0.1) is 11.5 Å². The third-order valence-corrected chi connectivity index (χ3v) is 3.99. The largest absolute Gasteiger partial charge is 0.391 e. The average Bonchev–Trinajstić information content (AvgIpc) is 3.06. The highest BCUT2D eigenvalue weighted by molar-refractivity contribution is 5.91. The van der Waals surface area contributed by atoms with Gasteiger partial charge in [-0.2, -0.15) is 0 Å². The fraction of sp³-hybridized carbons (Fsp3) is 0.500. The highest BCUT2D eigenvalue weighted by Gasteiger charge is 2.53. The Labute approximate surface area is 105 Å². The molecule has 3 nitrogen and oxygen atoms in total. The molecule has 1 heterocycles. The summed E-state index contributed by atoms with van der Waals surface area (Å²) in [5, 5.41) is 9.50. The third kappa shape index (κ3) is 1.81. The number of halogens is 1. The van der Waals surface area contributed by atoms with Gasteiger partial charge in [0.2, 0.25) is 5.91 Å². The molecule has 1 saturated carbocycles. The van der Waals surface area contributed by atoms with Crippen LogP contribution < -0.4 is 0 Å². The number of rotatable bonds is 2. The highest BCUT2D eigenvalue weighted by Crippen LogP contribution is 2.50. The molecule has 2 fully saturated rings. The first-order chi connectivity index (χ1) is 8.62. The minimum atomic E-state index is -0.522. The van der Waals surface area contributed by atoms with E-state index in [2.05, 4.69) is 0 Å². The van der Waals surface area contributed by atoms with Crippen molar-refractivity contribution in [2.45, 2.75) is 30.8 Å². The second-order valence-electron chi connectivity index (χ2n) is 5.29. The first-order valence-electron chi connectivity index (χ1n) is 6.35. The monoisotopic (exact) mass is 249 g/mol. The predicted molar refractivity (Wildman–Crippen MR) is 64.5 cm³/mol. The van der Waals surface area contributed by atoms with Crippen LogP contribution in [0.3, 0.4) is 0 Å². The van der Waals surface area contributed by atoms with E-state index in [1.807, 2.05) is 6.07 Å². The quantitative estimate of drug-likeness (QED) is 0.861. The molecule has 0 unspecified atom stereocenters. The van der Waals surface area contributed by atoms with E-state index in [-0.39, 0.29) is 11.7 Å². The van der Waals surface area contributed by atoms with Crippen molar-refractivity contribution in [1.82, 2.24) is 4.90 Å². The van der Waals surface area contributed by atoms with Gasteiger partial charge in [0.15, 0.2) is 0 Å². The molecule has 1 saturated heterocycles. The number of benzene rings is 1. The molecule has 1 atom stereocenters. The summed E-state index contributed by atoms with van der Waals surface area (Å²) >= 11 is 0. The molecule has 3 rings (SSSR count). The number of carbonyl (C=O) groups is 1. The summed E-state index contributed by atoms with van der Waals surface area (Å²) in [6.07, 6.45) is 1.80. The average molecular weight is 249 g/mol. The summed E-state index contributed by atoms with van der Waals surface area (Å²) in [4.78, 5) is 14.2. The first kappa shape index (κ1) is 11.7. The summed E-state index contributed by atoms with van der Waals surface area (Å²) in [6.45, 7) is 1.02. The number of amides is 1. The van der Waals surface area contributed by atoms with Gasteiger partial charge in [0, 0.05) is 13.1 Å². The Morgan fingerprint density at radius 1 is 1.44 bits per heavy atom. The molecule has 0 bridgehead atoms. The lowest BCUT2D eigenvalue weighted by molar-refractivity contribution is -0.133. The molecule has 1 aromatic carbocycles. The van der Waals surface area contributed by atoms with Crippen LogP contribution in [0, 0.1) is 5.82 Å². The number of hydrogen-bond donors (Lipinski definition) is 1. The second-order valence-corrected chi connectivity index (χ2v) is 5.29. The number of nitrogens with zero attached hydrogens (tertiary/aromatic N) is 1. The van der Waals surface area contributed by atoms with E-state index in [0.717, 1.165) is 18.4 Å². The lowest BCUT2D eigenvalue weighted by Gasteiger charge is -2.23. The second kappa shape index (κ2) is 4.05. The third-order valence-electron chi connectivity index (χ3n) is 3.99. The molecular weight excluding hydrogens is 233 g/mol. The fourth-order valence-corrected chi connectivity index (χ4v) is 2.77. The van der Waals surface area contributed by atoms with Crippen LogP contribution in [0.25, 0.3) is 0 Å². The molecule has 4 heteroatoms. The number of aliphatic hydroxyl groups excluding tert-OH is 1. The lowest BCUT2D eigenvalue weighted by atomic mass is 9.94. The number of likely N-dealkylation sites (tertiary alicyclic amines) is 1. The van der Waals surface area contributed by atoms with Gasteiger partial charge < -0.3 is 10.0 Å². The normalized spacial score (nSPS) is 25.2. The van der Waals surface area contributed by atoms with Gasteiger partial charge in [-0.15, -0.1) is 0 Å². The molecule has 1 amide bonds.